The maximum atomic E-state index is 13.5. The van der Waals surface area contributed by atoms with Crippen LogP contribution in [0.5, 0.6) is 5.75 Å². The number of hydrogen-bond acceptors (Lipinski definition) is 3. The Hall–Kier alpha value is -1.42. The average Bonchev–Trinajstić information content (AvgIpc) is 2.39. The highest BCUT2D eigenvalue weighted by Crippen LogP contribution is 2.21. The molecular weight excluding hydrogens is 223 g/mol. The lowest BCUT2D eigenvalue weighted by Crippen LogP contribution is -2.28. The summed E-state index contributed by atoms with van der Waals surface area (Å²) < 4.78 is 23.7. The van der Waals surface area contributed by atoms with E-state index in [4.69, 9.17) is 9.47 Å². The largest absolute Gasteiger partial charge is 0.494 e. The van der Waals surface area contributed by atoms with Crippen molar-refractivity contribution in [2.75, 3.05) is 13.7 Å². The van der Waals surface area contributed by atoms with E-state index < -0.39 is 11.9 Å². The van der Waals surface area contributed by atoms with Gasteiger partial charge in [0, 0.05) is 12.2 Å². The summed E-state index contributed by atoms with van der Waals surface area (Å²) in [5.74, 6) is -0.522. The molecule has 1 aliphatic rings. The monoisotopic (exact) mass is 238 g/mol. The lowest BCUT2D eigenvalue weighted by molar-refractivity contribution is 0.0186. The van der Waals surface area contributed by atoms with Gasteiger partial charge in [0.05, 0.1) is 7.11 Å². The van der Waals surface area contributed by atoms with Crippen LogP contribution >= 0.6 is 0 Å². The highest BCUT2D eigenvalue weighted by Gasteiger charge is 2.23. The number of methoxy groups -OCH3 is 1. The highest BCUT2D eigenvalue weighted by molar-refractivity contribution is 5.99. The molecule has 0 spiro atoms. The quantitative estimate of drug-likeness (QED) is 0.759. The molecule has 92 valence electrons. The molecular formula is C13H15FO3. The van der Waals surface area contributed by atoms with Crippen molar-refractivity contribution >= 4 is 5.78 Å². The molecule has 1 heterocycles. The van der Waals surface area contributed by atoms with Crippen molar-refractivity contribution in [3.63, 3.8) is 0 Å². The first-order valence-corrected chi connectivity index (χ1v) is 5.71. The molecule has 0 saturated carbocycles. The van der Waals surface area contributed by atoms with Gasteiger partial charge in [-0.25, -0.2) is 4.39 Å². The molecule has 0 N–H and O–H groups in total. The normalized spacial score (nSPS) is 20.0. The minimum atomic E-state index is -0.519. The summed E-state index contributed by atoms with van der Waals surface area (Å²) in [4.78, 5) is 12.0. The van der Waals surface area contributed by atoms with Gasteiger partial charge in [-0.2, -0.15) is 0 Å². The van der Waals surface area contributed by atoms with Crippen molar-refractivity contribution in [2.24, 2.45) is 0 Å². The third kappa shape index (κ3) is 2.64. The number of rotatable bonds is 3. The van der Waals surface area contributed by atoms with Crippen molar-refractivity contribution < 1.29 is 18.7 Å². The molecule has 1 atom stereocenters. The predicted molar refractivity (Wildman–Crippen MR) is 60.9 cm³/mol. The Labute approximate surface area is 99.5 Å². The average molecular weight is 238 g/mol. The maximum Gasteiger partial charge on any atom is 0.191 e. The molecule has 0 bridgehead atoms. The van der Waals surface area contributed by atoms with Crippen LogP contribution in [0.1, 0.15) is 29.6 Å². The second kappa shape index (κ2) is 5.27. The molecule has 1 saturated heterocycles. The number of carbonyl (C=O) groups excluding carboxylic acids is 1. The van der Waals surface area contributed by atoms with Crippen molar-refractivity contribution in [3.05, 3.63) is 29.6 Å². The fourth-order valence-corrected chi connectivity index (χ4v) is 1.95. The number of Topliss-reactive ketones (excluding diaryl/α,β-unsaturated/α-hetero) is 1. The first-order chi connectivity index (χ1) is 8.22. The standard InChI is InChI=1S/C13H15FO3/c1-16-11-6-5-9(8-10(11)14)13(15)12-4-2-3-7-17-12/h5-6,8,12H,2-4,7H2,1H3. The summed E-state index contributed by atoms with van der Waals surface area (Å²) >= 11 is 0. The number of hydrogen-bond donors (Lipinski definition) is 0. The van der Waals surface area contributed by atoms with Crippen LogP contribution in [-0.2, 0) is 4.74 Å². The molecule has 0 aromatic heterocycles. The number of carbonyl (C=O) groups is 1. The van der Waals surface area contributed by atoms with E-state index in [1.54, 1.807) is 6.07 Å². The summed E-state index contributed by atoms with van der Waals surface area (Å²) in [5, 5.41) is 0. The van der Waals surface area contributed by atoms with Crippen LogP contribution in [0.3, 0.4) is 0 Å². The molecule has 1 aliphatic heterocycles. The van der Waals surface area contributed by atoms with Gasteiger partial charge in [-0.3, -0.25) is 4.79 Å². The van der Waals surface area contributed by atoms with E-state index in [2.05, 4.69) is 0 Å². The Balaban J connectivity index is 2.16. The smallest absolute Gasteiger partial charge is 0.191 e. The summed E-state index contributed by atoms with van der Waals surface area (Å²) in [6.07, 6.45) is 2.26. The second-order valence-corrected chi connectivity index (χ2v) is 4.07. The van der Waals surface area contributed by atoms with E-state index in [1.165, 1.54) is 19.2 Å². The van der Waals surface area contributed by atoms with Crippen molar-refractivity contribution in [1.82, 2.24) is 0 Å². The maximum absolute atomic E-state index is 13.5. The Bertz CT molecular complexity index is 411. The Morgan fingerprint density at radius 2 is 2.29 bits per heavy atom. The topological polar surface area (TPSA) is 35.5 Å². The van der Waals surface area contributed by atoms with Gasteiger partial charge >= 0.3 is 0 Å². The van der Waals surface area contributed by atoms with Crippen molar-refractivity contribution in [1.29, 1.82) is 0 Å². The van der Waals surface area contributed by atoms with E-state index in [1.807, 2.05) is 0 Å². The lowest BCUT2D eigenvalue weighted by Gasteiger charge is -2.21. The molecule has 17 heavy (non-hydrogen) atoms. The summed E-state index contributed by atoms with van der Waals surface area (Å²) in [7, 11) is 1.39. The van der Waals surface area contributed by atoms with Gasteiger partial charge < -0.3 is 9.47 Å². The first kappa shape index (κ1) is 12.0. The van der Waals surface area contributed by atoms with E-state index in [9.17, 15) is 9.18 Å². The highest BCUT2D eigenvalue weighted by atomic mass is 19.1. The zero-order chi connectivity index (χ0) is 12.3. The summed E-state index contributed by atoms with van der Waals surface area (Å²) in [6.45, 7) is 0.606. The van der Waals surface area contributed by atoms with Crippen LogP contribution < -0.4 is 4.74 Å². The minimum absolute atomic E-state index is 0.145. The van der Waals surface area contributed by atoms with E-state index >= 15 is 0 Å². The van der Waals surface area contributed by atoms with Crippen LogP contribution in [0, 0.1) is 5.82 Å². The number of ether oxygens (including phenoxy) is 2. The number of halogens is 1. The van der Waals surface area contributed by atoms with Gasteiger partial charge in [0.2, 0.25) is 0 Å². The Morgan fingerprint density at radius 1 is 1.47 bits per heavy atom. The fourth-order valence-electron chi connectivity index (χ4n) is 1.95. The summed E-state index contributed by atoms with van der Waals surface area (Å²) in [6, 6.07) is 4.24. The van der Waals surface area contributed by atoms with Crippen LogP contribution in [0.2, 0.25) is 0 Å². The third-order valence-electron chi connectivity index (χ3n) is 2.91. The van der Waals surface area contributed by atoms with Crippen LogP contribution in [0.15, 0.2) is 18.2 Å². The van der Waals surface area contributed by atoms with E-state index in [0.717, 1.165) is 12.8 Å². The molecule has 2 rings (SSSR count). The van der Waals surface area contributed by atoms with Gasteiger partial charge in [-0.05, 0) is 37.5 Å². The van der Waals surface area contributed by atoms with E-state index in [0.29, 0.717) is 18.6 Å². The van der Waals surface area contributed by atoms with Crippen LogP contribution in [-0.4, -0.2) is 25.6 Å². The molecule has 0 aliphatic carbocycles. The SMILES string of the molecule is COc1ccc(C(=O)C2CCCCO2)cc1F. The van der Waals surface area contributed by atoms with E-state index in [-0.39, 0.29) is 11.5 Å². The third-order valence-corrected chi connectivity index (χ3v) is 2.91. The predicted octanol–water partition coefficient (Wildman–Crippen LogP) is 2.59. The fraction of sp³-hybridized carbons (Fsp3) is 0.462. The summed E-state index contributed by atoms with van der Waals surface area (Å²) in [5.41, 5.74) is 0.343. The first-order valence-electron chi connectivity index (χ1n) is 5.71. The molecule has 1 aromatic carbocycles. The molecule has 3 nitrogen and oxygen atoms in total. The Kier molecular flexibility index (Phi) is 3.74. The zero-order valence-electron chi connectivity index (χ0n) is 9.74. The molecule has 1 unspecified atom stereocenters. The van der Waals surface area contributed by atoms with Gasteiger partial charge in [-0.1, -0.05) is 0 Å². The van der Waals surface area contributed by atoms with Crippen molar-refractivity contribution in [2.45, 2.75) is 25.4 Å². The lowest BCUT2D eigenvalue weighted by atomic mass is 10.00. The number of ketones is 1. The van der Waals surface area contributed by atoms with Gasteiger partial charge in [-0.15, -0.1) is 0 Å². The Morgan fingerprint density at radius 3 is 2.88 bits per heavy atom. The van der Waals surface area contributed by atoms with Crippen LogP contribution in [0.25, 0.3) is 0 Å². The van der Waals surface area contributed by atoms with Gasteiger partial charge in [0.25, 0.3) is 0 Å². The van der Waals surface area contributed by atoms with Gasteiger partial charge in [0.15, 0.2) is 17.3 Å². The minimum Gasteiger partial charge on any atom is -0.494 e. The zero-order valence-corrected chi connectivity index (χ0v) is 9.74. The molecule has 4 heteroatoms. The molecule has 1 aromatic rings. The number of benzene rings is 1. The van der Waals surface area contributed by atoms with Crippen molar-refractivity contribution in [3.8, 4) is 5.75 Å². The molecule has 0 radical (unpaired) electrons. The van der Waals surface area contributed by atoms with Crippen LogP contribution in [0.4, 0.5) is 4.39 Å². The van der Waals surface area contributed by atoms with Gasteiger partial charge in [0.1, 0.15) is 6.10 Å². The molecule has 1 fully saturated rings. The molecule has 0 amide bonds. The second-order valence-electron chi connectivity index (χ2n) is 4.07.